The van der Waals surface area contributed by atoms with Crippen LogP contribution in [-0.4, -0.2) is 36.7 Å². The van der Waals surface area contributed by atoms with Gasteiger partial charge in [0.05, 0.1) is 35.2 Å². The lowest BCUT2D eigenvalue weighted by Crippen LogP contribution is -2.31. The van der Waals surface area contributed by atoms with Gasteiger partial charge in [-0.1, -0.05) is 0 Å². The van der Waals surface area contributed by atoms with Gasteiger partial charge in [0.1, 0.15) is 5.82 Å². The number of carbonyl (C=O) groups is 1. The van der Waals surface area contributed by atoms with Crippen LogP contribution >= 0.6 is 0 Å². The number of aryl methyl sites for hydroxylation is 1. The molecule has 0 spiro atoms. The molecule has 4 rings (SSSR count). The van der Waals surface area contributed by atoms with Gasteiger partial charge in [0.2, 0.25) is 0 Å². The highest BCUT2D eigenvalue weighted by Crippen LogP contribution is 2.32. The summed E-state index contributed by atoms with van der Waals surface area (Å²) in [7, 11) is 0. The summed E-state index contributed by atoms with van der Waals surface area (Å²) >= 11 is 0. The molecule has 3 aromatic heterocycles. The number of nitrogens with zero attached hydrogens (tertiary/aromatic N) is 5. The topological polar surface area (TPSA) is 63.4 Å². The van der Waals surface area contributed by atoms with Gasteiger partial charge >= 0.3 is 0 Å². The average Bonchev–Trinajstić information content (AvgIpc) is 3.22. The fourth-order valence-corrected chi connectivity index (χ4v) is 3.19. The van der Waals surface area contributed by atoms with Crippen LogP contribution < -0.4 is 0 Å². The number of pyridine rings is 1. The van der Waals surface area contributed by atoms with Gasteiger partial charge in [-0.05, 0) is 31.9 Å². The predicted molar refractivity (Wildman–Crippen MR) is 85.0 cm³/mol. The SMILES string of the molecule is Cc1ncc2cnc(C3CCCN3C(=O)c3cccnc3)cn12. The molecule has 0 N–H and O–H groups in total. The third-order valence-electron chi connectivity index (χ3n) is 4.38. The summed E-state index contributed by atoms with van der Waals surface area (Å²) in [6, 6.07) is 3.60. The minimum absolute atomic E-state index is 0.00825. The van der Waals surface area contributed by atoms with Gasteiger partial charge in [-0.3, -0.25) is 14.8 Å². The Balaban J connectivity index is 1.69. The van der Waals surface area contributed by atoms with Crippen LogP contribution in [0.5, 0.6) is 0 Å². The summed E-state index contributed by atoms with van der Waals surface area (Å²) in [5.74, 6) is 0.941. The molecule has 6 nitrogen and oxygen atoms in total. The maximum atomic E-state index is 12.8. The van der Waals surface area contributed by atoms with E-state index in [2.05, 4.69) is 15.0 Å². The van der Waals surface area contributed by atoms with E-state index in [1.807, 2.05) is 28.6 Å². The highest BCUT2D eigenvalue weighted by atomic mass is 16.2. The van der Waals surface area contributed by atoms with Crippen LogP contribution in [0.25, 0.3) is 5.52 Å². The molecule has 4 heterocycles. The number of amides is 1. The maximum absolute atomic E-state index is 12.8. The van der Waals surface area contributed by atoms with Crippen LogP contribution in [0.2, 0.25) is 0 Å². The summed E-state index contributed by atoms with van der Waals surface area (Å²) in [6.07, 6.45) is 10.8. The van der Waals surface area contributed by atoms with Crippen molar-refractivity contribution in [3.8, 4) is 0 Å². The molecule has 116 valence electrons. The van der Waals surface area contributed by atoms with Crippen molar-refractivity contribution in [3.05, 3.63) is 60.2 Å². The minimum atomic E-state index is 0.00825. The second kappa shape index (κ2) is 5.46. The molecular formula is C17H17N5O. The Morgan fingerprint density at radius 1 is 1.26 bits per heavy atom. The lowest BCUT2D eigenvalue weighted by Gasteiger charge is -2.24. The minimum Gasteiger partial charge on any atom is -0.330 e. The number of aromatic nitrogens is 4. The molecule has 23 heavy (non-hydrogen) atoms. The monoisotopic (exact) mass is 307 g/mol. The van der Waals surface area contributed by atoms with Gasteiger partial charge in [-0.2, -0.15) is 0 Å². The molecule has 1 atom stereocenters. The van der Waals surface area contributed by atoms with Crippen LogP contribution in [0.3, 0.4) is 0 Å². The van der Waals surface area contributed by atoms with E-state index in [0.29, 0.717) is 5.56 Å². The number of fused-ring (bicyclic) bond motifs is 1. The van der Waals surface area contributed by atoms with Gasteiger partial charge in [0.25, 0.3) is 5.91 Å². The van der Waals surface area contributed by atoms with E-state index in [1.165, 1.54) is 0 Å². The van der Waals surface area contributed by atoms with E-state index in [-0.39, 0.29) is 11.9 Å². The molecule has 1 unspecified atom stereocenters. The molecule has 0 aliphatic carbocycles. The fraction of sp³-hybridized carbons (Fsp3) is 0.294. The van der Waals surface area contributed by atoms with E-state index < -0.39 is 0 Å². The van der Waals surface area contributed by atoms with Crippen molar-refractivity contribution in [3.63, 3.8) is 0 Å². The first-order chi connectivity index (χ1) is 11.2. The molecule has 0 saturated carbocycles. The number of likely N-dealkylation sites (tertiary alicyclic amines) is 1. The molecule has 3 aromatic rings. The third kappa shape index (κ3) is 2.36. The lowest BCUT2D eigenvalue weighted by atomic mass is 10.1. The molecule has 0 bridgehead atoms. The van der Waals surface area contributed by atoms with Gasteiger partial charge < -0.3 is 9.30 Å². The number of hydrogen-bond acceptors (Lipinski definition) is 4. The van der Waals surface area contributed by atoms with E-state index in [4.69, 9.17) is 0 Å². The van der Waals surface area contributed by atoms with Crippen LogP contribution in [0, 0.1) is 6.92 Å². The van der Waals surface area contributed by atoms with Crippen LogP contribution in [0.1, 0.15) is 40.8 Å². The third-order valence-corrected chi connectivity index (χ3v) is 4.38. The zero-order valence-electron chi connectivity index (χ0n) is 12.9. The molecule has 1 amide bonds. The first-order valence-electron chi connectivity index (χ1n) is 7.74. The van der Waals surface area contributed by atoms with Gasteiger partial charge in [0, 0.05) is 25.1 Å². The van der Waals surface area contributed by atoms with Crippen molar-refractivity contribution in [2.45, 2.75) is 25.8 Å². The van der Waals surface area contributed by atoms with Crippen molar-refractivity contribution in [2.75, 3.05) is 6.54 Å². The normalized spacial score (nSPS) is 17.8. The van der Waals surface area contributed by atoms with Gasteiger partial charge in [-0.15, -0.1) is 0 Å². The lowest BCUT2D eigenvalue weighted by molar-refractivity contribution is 0.0732. The second-order valence-corrected chi connectivity index (χ2v) is 5.81. The van der Waals surface area contributed by atoms with E-state index >= 15 is 0 Å². The largest absolute Gasteiger partial charge is 0.330 e. The maximum Gasteiger partial charge on any atom is 0.255 e. The summed E-state index contributed by atoms with van der Waals surface area (Å²) in [4.78, 5) is 27.6. The first-order valence-corrected chi connectivity index (χ1v) is 7.74. The van der Waals surface area contributed by atoms with Gasteiger partial charge in [0.15, 0.2) is 0 Å². The van der Waals surface area contributed by atoms with Crippen LogP contribution in [0.15, 0.2) is 43.1 Å². The predicted octanol–water partition coefficient (Wildman–Crippen LogP) is 2.41. The number of rotatable bonds is 2. The quantitative estimate of drug-likeness (QED) is 0.729. The second-order valence-electron chi connectivity index (χ2n) is 5.81. The van der Waals surface area contributed by atoms with Crippen molar-refractivity contribution < 1.29 is 4.79 Å². The smallest absolute Gasteiger partial charge is 0.255 e. The average molecular weight is 307 g/mol. The number of carbonyl (C=O) groups excluding carboxylic acids is 1. The highest BCUT2D eigenvalue weighted by molar-refractivity contribution is 5.94. The van der Waals surface area contributed by atoms with E-state index in [0.717, 1.165) is 36.4 Å². The number of imidazole rings is 1. The molecule has 1 aliphatic rings. The molecule has 1 fully saturated rings. The standard InChI is InChI=1S/C17H17N5O/c1-12-19-9-14-10-20-15(11-22(12)14)16-5-3-7-21(16)17(23)13-4-2-6-18-8-13/h2,4,6,8-11,16H,3,5,7H2,1H3. The Bertz CT molecular complexity index is 858. The molecular weight excluding hydrogens is 290 g/mol. The molecule has 1 saturated heterocycles. The molecule has 1 aliphatic heterocycles. The Kier molecular flexibility index (Phi) is 3.29. The Hall–Kier alpha value is -2.76. The van der Waals surface area contributed by atoms with Crippen molar-refractivity contribution in [2.24, 2.45) is 0 Å². The summed E-state index contributed by atoms with van der Waals surface area (Å²) < 4.78 is 2.02. The Morgan fingerprint density at radius 2 is 2.13 bits per heavy atom. The summed E-state index contributed by atoms with van der Waals surface area (Å²) in [6.45, 7) is 2.71. The van der Waals surface area contributed by atoms with Crippen LogP contribution in [0.4, 0.5) is 0 Å². The van der Waals surface area contributed by atoms with E-state index in [1.54, 1.807) is 30.7 Å². The summed E-state index contributed by atoms with van der Waals surface area (Å²) in [5, 5.41) is 0. The zero-order valence-corrected chi connectivity index (χ0v) is 12.9. The first kappa shape index (κ1) is 13.9. The highest BCUT2D eigenvalue weighted by Gasteiger charge is 2.31. The van der Waals surface area contributed by atoms with Gasteiger partial charge in [-0.25, -0.2) is 4.98 Å². The molecule has 0 aromatic carbocycles. The number of hydrogen-bond donors (Lipinski definition) is 0. The van der Waals surface area contributed by atoms with Crippen molar-refractivity contribution in [1.29, 1.82) is 0 Å². The summed E-state index contributed by atoms with van der Waals surface area (Å²) in [5.41, 5.74) is 2.50. The molecule has 6 heteroatoms. The van der Waals surface area contributed by atoms with Crippen molar-refractivity contribution in [1.82, 2.24) is 24.3 Å². The van der Waals surface area contributed by atoms with Crippen molar-refractivity contribution >= 4 is 11.4 Å². The van der Waals surface area contributed by atoms with E-state index in [9.17, 15) is 4.79 Å². The fourth-order valence-electron chi connectivity index (χ4n) is 3.19. The Morgan fingerprint density at radius 3 is 2.96 bits per heavy atom. The van der Waals surface area contributed by atoms with Crippen LogP contribution in [-0.2, 0) is 0 Å². The Labute approximate surface area is 133 Å². The molecule has 0 radical (unpaired) electrons. The zero-order chi connectivity index (χ0) is 15.8.